The Morgan fingerprint density at radius 1 is 1.32 bits per heavy atom. The second kappa shape index (κ2) is 6.29. The van der Waals surface area contributed by atoms with Gasteiger partial charge in [0.25, 0.3) is 0 Å². The van der Waals surface area contributed by atoms with E-state index in [4.69, 9.17) is 0 Å². The Balaban J connectivity index is 2.15. The number of hydrogen-bond donors (Lipinski definition) is 1. The SMILES string of the molecule is CNCCN(C)C(=O)Cc1cccc2cccnc12. The minimum Gasteiger partial charge on any atom is -0.344 e. The van der Waals surface area contributed by atoms with Gasteiger partial charge in [0.2, 0.25) is 5.91 Å². The first kappa shape index (κ1) is 13.5. The van der Waals surface area contributed by atoms with Crippen molar-refractivity contribution in [3.8, 4) is 0 Å². The van der Waals surface area contributed by atoms with Crippen molar-refractivity contribution >= 4 is 16.8 Å². The third kappa shape index (κ3) is 3.29. The van der Waals surface area contributed by atoms with Crippen LogP contribution < -0.4 is 5.32 Å². The first-order chi connectivity index (χ1) is 9.22. The van der Waals surface area contributed by atoms with Gasteiger partial charge in [0, 0.05) is 31.7 Å². The quantitative estimate of drug-likeness (QED) is 0.882. The molecule has 1 heterocycles. The van der Waals surface area contributed by atoms with E-state index < -0.39 is 0 Å². The number of fused-ring (bicyclic) bond motifs is 1. The minimum absolute atomic E-state index is 0.119. The van der Waals surface area contributed by atoms with Gasteiger partial charge in [-0.15, -0.1) is 0 Å². The molecule has 0 saturated carbocycles. The van der Waals surface area contributed by atoms with Crippen LogP contribution in [0.1, 0.15) is 5.56 Å². The van der Waals surface area contributed by atoms with Crippen molar-refractivity contribution < 1.29 is 4.79 Å². The van der Waals surface area contributed by atoms with E-state index >= 15 is 0 Å². The fraction of sp³-hybridized carbons (Fsp3) is 0.333. The molecule has 0 fully saturated rings. The zero-order chi connectivity index (χ0) is 13.7. The van der Waals surface area contributed by atoms with Gasteiger partial charge < -0.3 is 10.2 Å². The van der Waals surface area contributed by atoms with E-state index in [1.807, 2.05) is 44.4 Å². The van der Waals surface area contributed by atoms with Crippen molar-refractivity contribution in [3.05, 3.63) is 42.1 Å². The van der Waals surface area contributed by atoms with Gasteiger partial charge in [-0.2, -0.15) is 0 Å². The second-order valence-electron chi connectivity index (χ2n) is 4.59. The summed E-state index contributed by atoms with van der Waals surface area (Å²) in [6.45, 7) is 1.52. The Hall–Kier alpha value is -1.94. The van der Waals surface area contributed by atoms with Gasteiger partial charge >= 0.3 is 0 Å². The normalized spacial score (nSPS) is 10.6. The molecule has 0 saturated heterocycles. The highest BCUT2D eigenvalue weighted by Crippen LogP contribution is 2.16. The van der Waals surface area contributed by atoms with Gasteiger partial charge in [0.15, 0.2) is 0 Å². The summed E-state index contributed by atoms with van der Waals surface area (Å²) in [5.74, 6) is 0.119. The van der Waals surface area contributed by atoms with Crippen LogP contribution in [0, 0.1) is 0 Å². The Morgan fingerprint density at radius 2 is 2.11 bits per heavy atom. The van der Waals surface area contributed by atoms with Gasteiger partial charge in [-0.1, -0.05) is 24.3 Å². The predicted octanol–water partition coefficient (Wildman–Crippen LogP) is 1.46. The Morgan fingerprint density at radius 3 is 2.89 bits per heavy atom. The largest absolute Gasteiger partial charge is 0.344 e. The van der Waals surface area contributed by atoms with Crippen LogP contribution in [-0.2, 0) is 11.2 Å². The lowest BCUT2D eigenvalue weighted by Crippen LogP contribution is -2.33. The van der Waals surface area contributed by atoms with E-state index in [9.17, 15) is 4.79 Å². The summed E-state index contributed by atoms with van der Waals surface area (Å²) < 4.78 is 0. The van der Waals surface area contributed by atoms with Crippen molar-refractivity contribution in [1.29, 1.82) is 0 Å². The molecule has 2 rings (SSSR count). The van der Waals surface area contributed by atoms with Crippen molar-refractivity contribution in [2.45, 2.75) is 6.42 Å². The van der Waals surface area contributed by atoms with E-state index in [1.54, 1.807) is 11.1 Å². The lowest BCUT2D eigenvalue weighted by Gasteiger charge is -2.17. The predicted molar refractivity (Wildman–Crippen MR) is 77.0 cm³/mol. The van der Waals surface area contributed by atoms with E-state index in [0.717, 1.165) is 23.0 Å². The first-order valence-corrected chi connectivity index (χ1v) is 6.43. The van der Waals surface area contributed by atoms with Crippen molar-refractivity contribution in [2.75, 3.05) is 27.2 Å². The molecule has 0 radical (unpaired) electrons. The van der Waals surface area contributed by atoms with E-state index in [2.05, 4.69) is 10.3 Å². The van der Waals surface area contributed by atoms with E-state index in [1.165, 1.54) is 0 Å². The van der Waals surface area contributed by atoms with Crippen LogP contribution in [0.15, 0.2) is 36.5 Å². The molecule has 1 amide bonds. The zero-order valence-electron chi connectivity index (χ0n) is 11.4. The van der Waals surface area contributed by atoms with Crippen molar-refractivity contribution in [1.82, 2.24) is 15.2 Å². The number of rotatable bonds is 5. The summed E-state index contributed by atoms with van der Waals surface area (Å²) in [4.78, 5) is 18.3. The number of likely N-dealkylation sites (N-methyl/N-ethyl adjacent to an activating group) is 2. The number of amides is 1. The molecule has 0 bridgehead atoms. The summed E-state index contributed by atoms with van der Waals surface area (Å²) in [7, 11) is 3.71. The van der Waals surface area contributed by atoms with Gasteiger partial charge in [-0.05, 0) is 18.7 Å². The van der Waals surface area contributed by atoms with Crippen LogP contribution in [0.3, 0.4) is 0 Å². The van der Waals surface area contributed by atoms with Gasteiger partial charge in [-0.3, -0.25) is 9.78 Å². The maximum atomic E-state index is 12.1. The lowest BCUT2D eigenvalue weighted by molar-refractivity contribution is -0.129. The molecular weight excluding hydrogens is 238 g/mol. The molecule has 100 valence electrons. The average Bonchev–Trinajstić information content (AvgIpc) is 2.45. The molecule has 1 aromatic carbocycles. The van der Waals surface area contributed by atoms with Crippen LogP contribution in [0.2, 0.25) is 0 Å². The number of nitrogens with one attached hydrogen (secondary N) is 1. The van der Waals surface area contributed by atoms with Crippen LogP contribution in [0.4, 0.5) is 0 Å². The smallest absolute Gasteiger partial charge is 0.226 e. The molecule has 0 aliphatic heterocycles. The summed E-state index contributed by atoms with van der Waals surface area (Å²) in [5, 5.41) is 4.12. The number of nitrogens with zero attached hydrogens (tertiary/aromatic N) is 2. The van der Waals surface area contributed by atoms with Gasteiger partial charge in [0.1, 0.15) is 0 Å². The zero-order valence-corrected chi connectivity index (χ0v) is 11.4. The Labute approximate surface area is 113 Å². The molecule has 4 nitrogen and oxygen atoms in total. The molecular formula is C15H19N3O. The maximum Gasteiger partial charge on any atom is 0.226 e. The molecule has 1 aromatic heterocycles. The van der Waals surface area contributed by atoms with E-state index in [-0.39, 0.29) is 5.91 Å². The maximum absolute atomic E-state index is 12.1. The third-order valence-electron chi connectivity index (χ3n) is 3.18. The molecule has 1 N–H and O–H groups in total. The van der Waals surface area contributed by atoms with Crippen LogP contribution >= 0.6 is 0 Å². The van der Waals surface area contributed by atoms with Crippen LogP contribution in [0.5, 0.6) is 0 Å². The van der Waals surface area contributed by atoms with E-state index in [0.29, 0.717) is 13.0 Å². The third-order valence-corrected chi connectivity index (χ3v) is 3.18. The van der Waals surface area contributed by atoms with Crippen molar-refractivity contribution in [3.63, 3.8) is 0 Å². The van der Waals surface area contributed by atoms with Crippen molar-refractivity contribution in [2.24, 2.45) is 0 Å². The molecule has 0 spiro atoms. The number of carbonyl (C=O) groups is 1. The number of carbonyl (C=O) groups excluding carboxylic acids is 1. The summed E-state index contributed by atoms with van der Waals surface area (Å²) >= 11 is 0. The molecule has 0 atom stereocenters. The molecule has 2 aromatic rings. The highest BCUT2D eigenvalue weighted by atomic mass is 16.2. The highest BCUT2D eigenvalue weighted by molar-refractivity contribution is 5.87. The monoisotopic (exact) mass is 257 g/mol. The highest BCUT2D eigenvalue weighted by Gasteiger charge is 2.11. The topological polar surface area (TPSA) is 45.2 Å². The Kier molecular flexibility index (Phi) is 4.47. The average molecular weight is 257 g/mol. The molecule has 19 heavy (non-hydrogen) atoms. The second-order valence-corrected chi connectivity index (χ2v) is 4.59. The minimum atomic E-state index is 0.119. The number of hydrogen-bond acceptors (Lipinski definition) is 3. The number of benzene rings is 1. The summed E-state index contributed by atoms with van der Waals surface area (Å²) in [6.07, 6.45) is 2.16. The number of para-hydroxylation sites is 1. The molecule has 4 heteroatoms. The summed E-state index contributed by atoms with van der Waals surface area (Å²) in [6, 6.07) is 9.88. The fourth-order valence-corrected chi connectivity index (χ4v) is 2.01. The molecule has 0 aliphatic carbocycles. The van der Waals surface area contributed by atoms with Crippen LogP contribution in [0.25, 0.3) is 10.9 Å². The first-order valence-electron chi connectivity index (χ1n) is 6.43. The standard InChI is InChI=1S/C15H19N3O/c1-16-9-10-18(2)14(19)11-13-6-3-5-12-7-4-8-17-15(12)13/h3-8,16H,9-11H2,1-2H3. The Bertz CT molecular complexity index is 563. The molecule has 0 aliphatic rings. The number of pyridine rings is 1. The van der Waals surface area contributed by atoms with Gasteiger partial charge in [0.05, 0.1) is 11.9 Å². The van der Waals surface area contributed by atoms with Crippen LogP contribution in [-0.4, -0.2) is 43.0 Å². The van der Waals surface area contributed by atoms with Gasteiger partial charge in [-0.25, -0.2) is 0 Å². The fourth-order valence-electron chi connectivity index (χ4n) is 2.01. The molecule has 0 unspecified atom stereocenters. The number of aromatic nitrogens is 1. The lowest BCUT2D eigenvalue weighted by atomic mass is 10.1. The summed E-state index contributed by atoms with van der Waals surface area (Å²) in [5.41, 5.74) is 1.90.